The van der Waals surface area contributed by atoms with Gasteiger partial charge in [0.15, 0.2) is 0 Å². The molecule has 2 amide bonds. The second-order valence-electron chi connectivity index (χ2n) is 5.91. The smallest absolute Gasteiger partial charge is 0.261 e. The molecule has 0 aliphatic carbocycles. The van der Waals surface area contributed by atoms with Crippen LogP contribution in [0.1, 0.15) is 38.1 Å². The number of benzene rings is 1. The normalized spacial score (nSPS) is 11.7. The summed E-state index contributed by atoms with van der Waals surface area (Å²) in [5, 5.41) is 9.73. The average molecular weight is 385 g/mol. The molecule has 1 atom stereocenters. The Morgan fingerprint density at radius 1 is 1.00 bits per heavy atom. The van der Waals surface area contributed by atoms with Crippen molar-refractivity contribution in [2.45, 2.75) is 19.4 Å². The highest BCUT2D eigenvalue weighted by Gasteiger charge is 2.18. The van der Waals surface area contributed by atoms with Crippen molar-refractivity contribution in [2.75, 3.05) is 6.54 Å². The van der Waals surface area contributed by atoms with Gasteiger partial charge >= 0.3 is 0 Å². The summed E-state index contributed by atoms with van der Waals surface area (Å²) in [6, 6.07) is 15.6. The average Bonchev–Trinajstić information content (AvgIpc) is 3.34. The molecule has 0 saturated heterocycles. The van der Waals surface area contributed by atoms with E-state index in [-0.39, 0.29) is 24.3 Å². The summed E-state index contributed by atoms with van der Waals surface area (Å²) in [6.45, 7) is 2.35. The molecule has 134 valence electrons. The second-order valence-corrected chi connectivity index (χ2v) is 7.84. The van der Waals surface area contributed by atoms with Crippen LogP contribution in [0.5, 0.6) is 0 Å². The largest absolute Gasteiger partial charge is 0.351 e. The molecule has 1 unspecified atom stereocenters. The number of hydrogen-bond acceptors (Lipinski definition) is 4. The van der Waals surface area contributed by atoms with Gasteiger partial charge in [0.05, 0.1) is 10.9 Å². The molecule has 1 aromatic carbocycles. The van der Waals surface area contributed by atoms with Gasteiger partial charge in [-0.15, -0.1) is 22.7 Å². The summed E-state index contributed by atoms with van der Waals surface area (Å²) in [5.41, 5.74) is 2.23. The maximum Gasteiger partial charge on any atom is 0.261 e. The van der Waals surface area contributed by atoms with Gasteiger partial charge in [0.2, 0.25) is 5.91 Å². The van der Waals surface area contributed by atoms with Crippen molar-refractivity contribution in [3.63, 3.8) is 0 Å². The summed E-state index contributed by atoms with van der Waals surface area (Å²) < 4.78 is 0. The van der Waals surface area contributed by atoms with Gasteiger partial charge in [0, 0.05) is 17.8 Å². The van der Waals surface area contributed by atoms with Crippen molar-refractivity contribution in [1.82, 2.24) is 10.6 Å². The van der Waals surface area contributed by atoms with Gasteiger partial charge in [-0.2, -0.15) is 0 Å². The summed E-state index contributed by atoms with van der Waals surface area (Å²) in [7, 11) is 0. The third kappa shape index (κ3) is 4.80. The minimum Gasteiger partial charge on any atom is -0.351 e. The van der Waals surface area contributed by atoms with Crippen molar-refractivity contribution in [3.8, 4) is 0 Å². The predicted octanol–water partition coefficient (Wildman–Crippen LogP) is 4.14. The van der Waals surface area contributed by atoms with Crippen molar-refractivity contribution >= 4 is 34.5 Å². The van der Waals surface area contributed by atoms with E-state index in [1.807, 2.05) is 60.1 Å². The predicted molar refractivity (Wildman–Crippen MR) is 107 cm³/mol. The van der Waals surface area contributed by atoms with Crippen LogP contribution in [0.3, 0.4) is 0 Å². The third-order valence-corrected chi connectivity index (χ3v) is 5.73. The summed E-state index contributed by atoms with van der Waals surface area (Å²) in [6.07, 6.45) is 0.241. The summed E-state index contributed by atoms with van der Waals surface area (Å²) in [4.78, 5) is 26.1. The highest BCUT2D eigenvalue weighted by atomic mass is 32.1. The fourth-order valence-corrected chi connectivity index (χ4v) is 3.99. The van der Waals surface area contributed by atoms with Gasteiger partial charge in [-0.05, 0) is 35.4 Å². The first-order valence-electron chi connectivity index (χ1n) is 8.34. The van der Waals surface area contributed by atoms with Crippen LogP contribution in [-0.2, 0) is 4.79 Å². The number of carbonyl (C=O) groups is 2. The van der Waals surface area contributed by atoms with Crippen LogP contribution in [0, 0.1) is 6.92 Å². The molecule has 0 bridgehead atoms. The number of rotatable bonds is 7. The molecule has 2 heterocycles. The Hall–Kier alpha value is -2.44. The lowest BCUT2D eigenvalue weighted by Gasteiger charge is -2.18. The molecule has 6 heteroatoms. The van der Waals surface area contributed by atoms with Crippen LogP contribution >= 0.6 is 22.7 Å². The zero-order valence-corrected chi connectivity index (χ0v) is 16.0. The van der Waals surface area contributed by atoms with E-state index < -0.39 is 0 Å². The van der Waals surface area contributed by atoms with Crippen molar-refractivity contribution in [3.05, 3.63) is 80.2 Å². The fourth-order valence-electron chi connectivity index (χ4n) is 2.55. The molecular weight excluding hydrogens is 364 g/mol. The van der Waals surface area contributed by atoms with Crippen molar-refractivity contribution in [2.24, 2.45) is 0 Å². The zero-order valence-electron chi connectivity index (χ0n) is 14.4. The first-order chi connectivity index (χ1) is 12.6. The number of hydrogen-bond donors (Lipinski definition) is 2. The number of amides is 2. The lowest BCUT2D eigenvalue weighted by molar-refractivity contribution is -0.121. The molecular formula is C20H20N2O2S2. The number of thiophene rings is 2. The lowest BCUT2D eigenvalue weighted by Crippen LogP contribution is -2.33. The number of aryl methyl sites for hydroxylation is 1. The van der Waals surface area contributed by atoms with E-state index in [1.165, 1.54) is 16.9 Å². The molecule has 3 rings (SSSR count). The van der Waals surface area contributed by atoms with E-state index in [1.54, 1.807) is 17.4 Å². The molecule has 0 fully saturated rings. The summed E-state index contributed by atoms with van der Waals surface area (Å²) in [5.74, 6) is -0.225. The quantitative estimate of drug-likeness (QED) is 0.643. The van der Waals surface area contributed by atoms with Gasteiger partial charge in [0.1, 0.15) is 0 Å². The molecule has 26 heavy (non-hydrogen) atoms. The van der Waals surface area contributed by atoms with Crippen LogP contribution < -0.4 is 10.6 Å². The Morgan fingerprint density at radius 3 is 2.38 bits per heavy atom. The first-order valence-corrected chi connectivity index (χ1v) is 10.1. The zero-order chi connectivity index (χ0) is 18.4. The van der Waals surface area contributed by atoms with Crippen LogP contribution in [0.15, 0.2) is 59.3 Å². The van der Waals surface area contributed by atoms with Crippen molar-refractivity contribution < 1.29 is 9.59 Å². The Balaban J connectivity index is 1.59. The van der Waals surface area contributed by atoms with Gasteiger partial charge in [-0.1, -0.05) is 42.0 Å². The van der Waals surface area contributed by atoms with Gasteiger partial charge in [0.25, 0.3) is 5.91 Å². The van der Waals surface area contributed by atoms with Crippen LogP contribution in [0.25, 0.3) is 0 Å². The number of nitrogens with one attached hydrogen (secondary N) is 2. The van der Waals surface area contributed by atoms with Gasteiger partial charge in [-0.3, -0.25) is 9.59 Å². The lowest BCUT2D eigenvalue weighted by atomic mass is 10.0. The maximum atomic E-state index is 12.4. The molecule has 0 saturated carbocycles. The molecule has 0 spiro atoms. The van der Waals surface area contributed by atoms with E-state index in [9.17, 15) is 9.59 Å². The monoisotopic (exact) mass is 384 g/mol. The topological polar surface area (TPSA) is 58.2 Å². The van der Waals surface area contributed by atoms with Crippen LogP contribution in [0.4, 0.5) is 0 Å². The minimum absolute atomic E-state index is 0.0875. The standard InChI is InChI=1S/C20H20N2O2S2/c1-14-6-8-15(9-7-14)19(16-4-2-12-25-16)22-18(23)10-11-21-20(24)17-5-3-13-26-17/h2-9,12-13,19H,10-11H2,1H3,(H,21,24)(H,22,23). The SMILES string of the molecule is Cc1ccc(C(NC(=O)CCNC(=O)c2cccs2)c2cccs2)cc1. The molecule has 0 radical (unpaired) electrons. The highest BCUT2D eigenvalue weighted by molar-refractivity contribution is 7.12. The summed E-state index contributed by atoms with van der Waals surface area (Å²) >= 11 is 3.00. The van der Waals surface area contributed by atoms with E-state index in [2.05, 4.69) is 10.6 Å². The Labute approximate surface area is 160 Å². The fraction of sp³-hybridized carbons (Fsp3) is 0.200. The van der Waals surface area contributed by atoms with E-state index >= 15 is 0 Å². The van der Waals surface area contributed by atoms with Gasteiger partial charge < -0.3 is 10.6 Å². The molecule has 2 aromatic heterocycles. The van der Waals surface area contributed by atoms with E-state index in [4.69, 9.17) is 0 Å². The molecule has 4 nitrogen and oxygen atoms in total. The third-order valence-electron chi connectivity index (χ3n) is 3.93. The van der Waals surface area contributed by atoms with Gasteiger partial charge in [-0.25, -0.2) is 0 Å². The number of carbonyl (C=O) groups excluding carboxylic acids is 2. The molecule has 0 aliphatic heterocycles. The highest BCUT2D eigenvalue weighted by Crippen LogP contribution is 2.26. The Bertz CT molecular complexity index is 841. The molecule has 3 aromatic rings. The van der Waals surface area contributed by atoms with E-state index in [0.29, 0.717) is 11.4 Å². The Morgan fingerprint density at radius 2 is 1.73 bits per heavy atom. The maximum absolute atomic E-state index is 12.4. The van der Waals surface area contributed by atoms with E-state index in [0.717, 1.165) is 10.4 Å². The Kier molecular flexibility index (Phi) is 6.20. The molecule has 0 aliphatic rings. The first kappa shape index (κ1) is 18.4. The van der Waals surface area contributed by atoms with Crippen LogP contribution in [-0.4, -0.2) is 18.4 Å². The minimum atomic E-state index is -0.170. The molecule has 2 N–H and O–H groups in total. The second kappa shape index (κ2) is 8.78. The van der Waals surface area contributed by atoms with Crippen molar-refractivity contribution in [1.29, 1.82) is 0 Å². The van der Waals surface area contributed by atoms with Crippen LogP contribution in [0.2, 0.25) is 0 Å².